The molecule has 1 fully saturated rings. The molecule has 0 saturated carbocycles. The normalized spacial score (nSPS) is 17.6. The van der Waals surface area contributed by atoms with Crippen LogP contribution < -0.4 is 15.0 Å². The maximum absolute atomic E-state index is 12.2. The number of amides is 1. The van der Waals surface area contributed by atoms with E-state index in [1.54, 1.807) is 24.4 Å². The van der Waals surface area contributed by atoms with Gasteiger partial charge in [-0.15, -0.1) is 0 Å². The van der Waals surface area contributed by atoms with E-state index in [1.165, 1.54) is 0 Å². The first-order valence-corrected chi connectivity index (χ1v) is 7.81. The van der Waals surface area contributed by atoms with Crippen molar-refractivity contribution in [3.05, 3.63) is 53.3 Å². The summed E-state index contributed by atoms with van der Waals surface area (Å²) in [4.78, 5) is 18.1. The molecule has 120 valence electrons. The number of benzene rings is 1. The Morgan fingerprint density at radius 2 is 2.13 bits per heavy atom. The summed E-state index contributed by atoms with van der Waals surface area (Å²) in [6.07, 6.45) is 3.87. The number of aromatic nitrogens is 1. The fraction of sp³-hybridized carbons (Fsp3) is 0.294. The lowest BCUT2D eigenvalue weighted by Crippen LogP contribution is -2.32. The Morgan fingerprint density at radius 1 is 1.35 bits per heavy atom. The summed E-state index contributed by atoms with van der Waals surface area (Å²) >= 11 is 5.93. The van der Waals surface area contributed by atoms with Gasteiger partial charge in [-0.2, -0.15) is 0 Å². The molecule has 0 spiro atoms. The number of pyridine rings is 1. The molecule has 0 radical (unpaired) electrons. The SMILES string of the molecule is COc1ccc(N2CC(NCc3cncc(Cl)c3)CC2=O)cc1. The van der Waals surface area contributed by atoms with Gasteiger partial charge >= 0.3 is 0 Å². The fourth-order valence-electron chi connectivity index (χ4n) is 2.67. The third-order valence-electron chi connectivity index (χ3n) is 3.87. The zero-order valence-corrected chi connectivity index (χ0v) is 13.6. The summed E-state index contributed by atoms with van der Waals surface area (Å²) in [5.41, 5.74) is 1.90. The first-order chi connectivity index (χ1) is 11.2. The second-order valence-electron chi connectivity index (χ2n) is 5.50. The van der Waals surface area contributed by atoms with E-state index in [1.807, 2.05) is 30.3 Å². The van der Waals surface area contributed by atoms with Gasteiger partial charge in [-0.1, -0.05) is 11.6 Å². The lowest BCUT2D eigenvalue weighted by molar-refractivity contribution is -0.117. The first kappa shape index (κ1) is 15.8. The van der Waals surface area contributed by atoms with Gasteiger partial charge in [0.1, 0.15) is 5.75 Å². The van der Waals surface area contributed by atoms with E-state index in [-0.39, 0.29) is 11.9 Å². The molecular weight excluding hydrogens is 314 g/mol. The second-order valence-corrected chi connectivity index (χ2v) is 5.93. The minimum Gasteiger partial charge on any atom is -0.497 e. The van der Waals surface area contributed by atoms with Crippen molar-refractivity contribution < 1.29 is 9.53 Å². The number of rotatable bonds is 5. The predicted molar refractivity (Wildman–Crippen MR) is 89.8 cm³/mol. The molecule has 1 aliphatic rings. The number of halogens is 1. The zero-order valence-electron chi connectivity index (χ0n) is 12.8. The smallest absolute Gasteiger partial charge is 0.228 e. The predicted octanol–water partition coefficient (Wildman–Crippen LogP) is 2.64. The van der Waals surface area contributed by atoms with E-state index in [4.69, 9.17) is 16.3 Å². The lowest BCUT2D eigenvalue weighted by Gasteiger charge is -2.17. The molecule has 1 aromatic heterocycles. The Morgan fingerprint density at radius 3 is 2.83 bits per heavy atom. The van der Waals surface area contributed by atoms with Gasteiger partial charge in [0.15, 0.2) is 0 Å². The van der Waals surface area contributed by atoms with Gasteiger partial charge in [0.05, 0.1) is 12.1 Å². The maximum atomic E-state index is 12.2. The second kappa shape index (κ2) is 6.98. The standard InChI is InChI=1S/C17H18ClN3O2/c1-23-16-4-2-15(3-5-16)21-11-14(7-17(21)22)20-9-12-6-13(18)10-19-8-12/h2-6,8,10,14,20H,7,9,11H2,1H3. The third-order valence-corrected chi connectivity index (χ3v) is 4.07. The van der Waals surface area contributed by atoms with Crippen molar-refractivity contribution in [2.75, 3.05) is 18.6 Å². The topological polar surface area (TPSA) is 54.5 Å². The molecule has 0 bridgehead atoms. The van der Waals surface area contributed by atoms with Gasteiger partial charge in [0.2, 0.25) is 5.91 Å². The molecule has 1 aliphatic heterocycles. The Labute approximate surface area is 140 Å². The van der Waals surface area contributed by atoms with E-state index in [9.17, 15) is 4.79 Å². The van der Waals surface area contributed by atoms with Crippen LogP contribution in [-0.2, 0) is 11.3 Å². The Hall–Kier alpha value is -2.11. The van der Waals surface area contributed by atoms with Crippen LogP contribution in [-0.4, -0.2) is 30.6 Å². The van der Waals surface area contributed by atoms with Gasteiger partial charge < -0.3 is 15.0 Å². The van der Waals surface area contributed by atoms with Gasteiger partial charge in [-0.3, -0.25) is 9.78 Å². The minimum absolute atomic E-state index is 0.114. The highest BCUT2D eigenvalue weighted by Gasteiger charge is 2.30. The van der Waals surface area contributed by atoms with Crippen LogP contribution in [0, 0.1) is 0 Å². The van der Waals surface area contributed by atoms with E-state index in [0.717, 1.165) is 17.0 Å². The number of nitrogens with zero attached hydrogens (tertiary/aromatic N) is 2. The van der Waals surface area contributed by atoms with Gasteiger partial charge in [0.25, 0.3) is 0 Å². The molecule has 2 heterocycles. The monoisotopic (exact) mass is 331 g/mol. The lowest BCUT2D eigenvalue weighted by atomic mass is 10.2. The highest BCUT2D eigenvalue weighted by Crippen LogP contribution is 2.24. The van der Waals surface area contributed by atoms with E-state index >= 15 is 0 Å². The first-order valence-electron chi connectivity index (χ1n) is 7.43. The van der Waals surface area contributed by atoms with Crippen LogP contribution in [0.15, 0.2) is 42.7 Å². The summed E-state index contributed by atoms with van der Waals surface area (Å²) in [5, 5.41) is 4.01. The fourth-order valence-corrected chi connectivity index (χ4v) is 2.87. The van der Waals surface area contributed by atoms with Gasteiger partial charge in [0, 0.05) is 43.6 Å². The maximum Gasteiger partial charge on any atom is 0.228 e. The molecule has 2 aromatic rings. The number of carbonyl (C=O) groups is 1. The summed E-state index contributed by atoms with van der Waals surface area (Å²) in [6.45, 7) is 1.29. The molecule has 1 aromatic carbocycles. The van der Waals surface area contributed by atoms with Crippen LogP contribution in [0.4, 0.5) is 5.69 Å². The molecular formula is C17H18ClN3O2. The number of nitrogens with one attached hydrogen (secondary N) is 1. The average molecular weight is 332 g/mol. The van der Waals surface area contributed by atoms with Crippen molar-refractivity contribution in [3.63, 3.8) is 0 Å². The van der Waals surface area contributed by atoms with Crippen LogP contribution in [0.5, 0.6) is 5.75 Å². The van der Waals surface area contributed by atoms with Gasteiger partial charge in [-0.05, 0) is 35.9 Å². The molecule has 3 rings (SSSR count). The van der Waals surface area contributed by atoms with E-state index in [0.29, 0.717) is 24.5 Å². The highest BCUT2D eigenvalue weighted by molar-refractivity contribution is 6.30. The van der Waals surface area contributed by atoms with E-state index in [2.05, 4.69) is 10.3 Å². The van der Waals surface area contributed by atoms with Crippen molar-refractivity contribution in [2.24, 2.45) is 0 Å². The average Bonchev–Trinajstić information content (AvgIpc) is 2.94. The molecule has 1 unspecified atom stereocenters. The molecule has 1 atom stereocenters. The Bertz CT molecular complexity index is 690. The molecule has 5 nitrogen and oxygen atoms in total. The Kier molecular flexibility index (Phi) is 4.79. The Balaban J connectivity index is 1.60. The van der Waals surface area contributed by atoms with Crippen LogP contribution >= 0.6 is 11.6 Å². The summed E-state index contributed by atoms with van der Waals surface area (Å²) in [5.74, 6) is 0.903. The highest BCUT2D eigenvalue weighted by atomic mass is 35.5. The summed E-state index contributed by atoms with van der Waals surface area (Å²) in [7, 11) is 1.63. The van der Waals surface area contributed by atoms with Crippen molar-refractivity contribution >= 4 is 23.2 Å². The van der Waals surface area contributed by atoms with Crippen LogP contribution in [0.2, 0.25) is 5.02 Å². The number of ether oxygens (including phenoxy) is 1. The molecule has 6 heteroatoms. The van der Waals surface area contributed by atoms with Crippen LogP contribution in [0.25, 0.3) is 0 Å². The van der Waals surface area contributed by atoms with Crippen molar-refractivity contribution in [2.45, 2.75) is 19.0 Å². The van der Waals surface area contributed by atoms with Crippen LogP contribution in [0.3, 0.4) is 0 Å². The number of hydrogen-bond acceptors (Lipinski definition) is 4. The number of methoxy groups -OCH3 is 1. The summed E-state index contributed by atoms with van der Waals surface area (Å²) < 4.78 is 5.14. The quantitative estimate of drug-likeness (QED) is 0.915. The number of anilines is 1. The largest absolute Gasteiger partial charge is 0.497 e. The van der Waals surface area contributed by atoms with Crippen molar-refractivity contribution in [1.29, 1.82) is 0 Å². The molecule has 23 heavy (non-hydrogen) atoms. The van der Waals surface area contributed by atoms with Crippen LogP contribution in [0.1, 0.15) is 12.0 Å². The molecule has 1 N–H and O–H groups in total. The summed E-state index contributed by atoms with van der Waals surface area (Å²) in [6, 6.07) is 9.52. The third kappa shape index (κ3) is 3.81. The van der Waals surface area contributed by atoms with Crippen molar-refractivity contribution in [1.82, 2.24) is 10.3 Å². The number of carbonyl (C=O) groups excluding carboxylic acids is 1. The molecule has 0 aliphatic carbocycles. The molecule has 1 amide bonds. The number of hydrogen-bond donors (Lipinski definition) is 1. The molecule has 1 saturated heterocycles. The minimum atomic E-state index is 0.114. The zero-order chi connectivity index (χ0) is 16.2. The van der Waals surface area contributed by atoms with E-state index < -0.39 is 0 Å². The van der Waals surface area contributed by atoms with Crippen molar-refractivity contribution in [3.8, 4) is 5.75 Å². The van der Waals surface area contributed by atoms with Gasteiger partial charge in [-0.25, -0.2) is 0 Å².